The molecular weight excluding hydrogens is 350 g/mol. The molecule has 28 heavy (non-hydrogen) atoms. The second-order valence-corrected chi connectivity index (χ2v) is 7.95. The molecule has 0 spiro atoms. The maximum Gasteiger partial charge on any atom is 0.317 e. The van der Waals surface area contributed by atoms with Crippen LogP contribution in [-0.2, 0) is 6.54 Å². The first-order chi connectivity index (χ1) is 13.7. The summed E-state index contributed by atoms with van der Waals surface area (Å²) in [6.07, 6.45) is 2.28. The van der Waals surface area contributed by atoms with Gasteiger partial charge >= 0.3 is 6.03 Å². The first-order valence-corrected chi connectivity index (χ1v) is 10.3. The summed E-state index contributed by atoms with van der Waals surface area (Å²) in [6.45, 7) is 4.06. The van der Waals surface area contributed by atoms with Gasteiger partial charge in [-0.25, -0.2) is 4.79 Å². The average molecular weight is 380 g/mol. The van der Waals surface area contributed by atoms with Gasteiger partial charge in [0.05, 0.1) is 6.10 Å². The predicted octanol–water partition coefficient (Wildman–Crippen LogP) is 3.09. The molecule has 148 valence electrons. The lowest BCUT2D eigenvalue weighted by Crippen LogP contribution is -2.48. The Hall–Kier alpha value is -2.37. The van der Waals surface area contributed by atoms with Gasteiger partial charge in [-0.3, -0.25) is 4.90 Å². The number of aliphatic hydroxyl groups excluding tert-OH is 1. The van der Waals surface area contributed by atoms with Crippen molar-refractivity contribution in [1.82, 2.24) is 15.1 Å². The molecule has 2 fully saturated rings. The monoisotopic (exact) mass is 379 g/mol. The van der Waals surface area contributed by atoms with Gasteiger partial charge in [0.15, 0.2) is 0 Å². The Morgan fingerprint density at radius 1 is 0.929 bits per heavy atom. The highest BCUT2D eigenvalue weighted by atomic mass is 16.3. The molecule has 2 aromatic carbocycles. The van der Waals surface area contributed by atoms with E-state index in [1.165, 1.54) is 16.7 Å². The molecule has 5 heteroatoms. The molecule has 2 saturated heterocycles. The number of β-amino-alcohol motifs (C(OH)–C–C–N with tert-alkyl or cyclic N) is 1. The molecule has 2 aliphatic heterocycles. The van der Waals surface area contributed by atoms with E-state index in [0.29, 0.717) is 19.5 Å². The number of urea groups is 1. The number of nitrogens with one attached hydrogen (secondary N) is 1. The van der Waals surface area contributed by atoms with Gasteiger partial charge in [-0.05, 0) is 36.0 Å². The Morgan fingerprint density at radius 2 is 1.61 bits per heavy atom. The van der Waals surface area contributed by atoms with Crippen LogP contribution in [0.5, 0.6) is 0 Å². The van der Waals surface area contributed by atoms with Crippen LogP contribution in [-0.4, -0.2) is 59.3 Å². The molecule has 5 nitrogen and oxygen atoms in total. The Balaban J connectivity index is 1.24. The summed E-state index contributed by atoms with van der Waals surface area (Å²) in [5.74, 6) is 0. The normalized spacial score (nSPS) is 21.0. The number of hydrogen-bond acceptors (Lipinski definition) is 3. The molecule has 0 saturated carbocycles. The Morgan fingerprint density at radius 3 is 2.25 bits per heavy atom. The van der Waals surface area contributed by atoms with E-state index in [-0.39, 0.29) is 18.2 Å². The molecule has 0 radical (unpaired) electrons. The first kappa shape index (κ1) is 19.0. The number of carbonyl (C=O) groups is 1. The lowest BCUT2D eigenvalue weighted by atomic mass is 10.0. The number of piperidine rings is 1. The fourth-order valence-corrected chi connectivity index (χ4v) is 4.12. The highest BCUT2D eigenvalue weighted by Crippen LogP contribution is 2.21. The van der Waals surface area contributed by atoms with E-state index in [4.69, 9.17) is 0 Å². The van der Waals surface area contributed by atoms with Crippen LogP contribution < -0.4 is 5.32 Å². The summed E-state index contributed by atoms with van der Waals surface area (Å²) in [4.78, 5) is 16.5. The molecular formula is C23H29N3O2. The van der Waals surface area contributed by atoms with Crippen molar-refractivity contribution in [3.8, 4) is 11.1 Å². The van der Waals surface area contributed by atoms with Gasteiger partial charge in [0, 0.05) is 38.8 Å². The van der Waals surface area contributed by atoms with Crippen molar-refractivity contribution in [3.63, 3.8) is 0 Å². The van der Waals surface area contributed by atoms with Gasteiger partial charge in [-0.1, -0.05) is 54.6 Å². The van der Waals surface area contributed by atoms with E-state index in [1.807, 2.05) is 6.07 Å². The number of amides is 2. The van der Waals surface area contributed by atoms with Gasteiger partial charge in [-0.2, -0.15) is 0 Å². The molecule has 0 aliphatic carbocycles. The van der Waals surface area contributed by atoms with Crippen molar-refractivity contribution in [3.05, 3.63) is 60.2 Å². The number of carbonyl (C=O) groups excluding carboxylic acids is 1. The smallest absolute Gasteiger partial charge is 0.317 e. The number of aliphatic hydroxyl groups is 1. The largest absolute Gasteiger partial charge is 0.391 e. The quantitative estimate of drug-likeness (QED) is 0.858. The van der Waals surface area contributed by atoms with Gasteiger partial charge in [0.1, 0.15) is 0 Å². The number of hydrogen-bond donors (Lipinski definition) is 2. The highest BCUT2D eigenvalue weighted by molar-refractivity contribution is 5.74. The second-order valence-electron chi connectivity index (χ2n) is 7.95. The van der Waals surface area contributed by atoms with Gasteiger partial charge in [-0.15, -0.1) is 0 Å². The highest BCUT2D eigenvalue weighted by Gasteiger charge is 2.27. The fourth-order valence-electron chi connectivity index (χ4n) is 4.12. The second kappa shape index (κ2) is 8.76. The van der Waals surface area contributed by atoms with E-state index in [1.54, 1.807) is 4.90 Å². The van der Waals surface area contributed by atoms with Gasteiger partial charge in [0.2, 0.25) is 0 Å². The summed E-state index contributed by atoms with van der Waals surface area (Å²) in [7, 11) is 0. The third kappa shape index (κ3) is 4.72. The Kier molecular flexibility index (Phi) is 5.93. The summed E-state index contributed by atoms with van der Waals surface area (Å²) < 4.78 is 0. The maximum absolute atomic E-state index is 12.3. The first-order valence-electron chi connectivity index (χ1n) is 10.3. The SMILES string of the molecule is O=C(NC1CCN(Cc2ccc(-c3ccccc3)cc2)CC1)N1CC[C@@H](O)C1. The number of likely N-dealkylation sites (tertiary alicyclic amines) is 2. The maximum atomic E-state index is 12.3. The summed E-state index contributed by atoms with van der Waals surface area (Å²) in [6, 6.07) is 19.5. The molecule has 0 bridgehead atoms. The molecule has 0 unspecified atom stereocenters. The third-order valence-electron chi connectivity index (χ3n) is 5.83. The minimum absolute atomic E-state index is 0.0218. The van der Waals surface area contributed by atoms with Crippen molar-refractivity contribution >= 4 is 6.03 Å². The van der Waals surface area contributed by atoms with Crippen molar-refractivity contribution in [2.24, 2.45) is 0 Å². The van der Waals surface area contributed by atoms with Crippen LogP contribution >= 0.6 is 0 Å². The molecule has 2 heterocycles. The van der Waals surface area contributed by atoms with Crippen LogP contribution in [0.15, 0.2) is 54.6 Å². The zero-order chi connectivity index (χ0) is 19.3. The summed E-state index contributed by atoms with van der Waals surface area (Å²) >= 11 is 0. The van der Waals surface area contributed by atoms with E-state index in [0.717, 1.165) is 32.5 Å². The molecule has 2 amide bonds. The molecule has 2 N–H and O–H groups in total. The molecule has 2 aliphatic rings. The lowest BCUT2D eigenvalue weighted by molar-refractivity contribution is 0.160. The molecule has 0 aromatic heterocycles. The van der Waals surface area contributed by atoms with E-state index in [9.17, 15) is 9.90 Å². The summed E-state index contributed by atoms with van der Waals surface area (Å²) in [5.41, 5.74) is 3.82. The van der Waals surface area contributed by atoms with Crippen LogP contribution in [0.2, 0.25) is 0 Å². The summed E-state index contributed by atoms with van der Waals surface area (Å²) in [5, 5.41) is 12.7. The van der Waals surface area contributed by atoms with Crippen LogP contribution in [0.3, 0.4) is 0 Å². The van der Waals surface area contributed by atoms with E-state index < -0.39 is 0 Å². The Bertz CT molecular complexity index is 770. The van der Waals surface area contributed by atoms with Crippen LogP contribution in [0.25, 0.3) is 11.1 Å². The molecule has 1 atom stereocenters. The predicted molar refractivity (Wildman–Crippen MR) is 111 cm³/mol. The van der Waals surface area contributed by atoms with Crippen molar-refractivity contribution in [2.45, 2.75) is 38.0 Å². The van der Waals surface area contributed by atoms with Crippen molar-refractivity contribution in [2.75, 3.05) is 26.2 Å². The zero-order valence-corrected chi connectivity index (χ0v) is 16.3. The number of nitrogens with zero attached hydrogens (tertiary/aromatic N) is 2. The fraction of sp³-hybridized carbons (Fsp3) is 0.435. The van der Waals surface area contributed by atoms with Crippen LogP contribution in [0.4, 0.5) is 4.79 Å². The van der Waals surface area contributed by atoms with Gasteiger partial charge in [0.25, 0.3) is 0 Å². The molecule has 2 aromatic rings. The standard InChI is InChI=1S/C23H29N3O2/c27-22-12-15-26(17-22)23(28)24-21-10-13-25(14-11-21)16-18-6-8-20(9-7-18)19-4-2-1-3-5-19/h1-9,21-22,27H,10-17H2,(H,24,28)/t22-/m1/s1. The average Bonchev–Trinajstić information content (AvgIpc) is 3.17. The van der Waals surface area contributed by atoms with E-state index >= 15 is 0 Å². The topological polar surface area (TPSA) is 55.8 Å². The Labute approximate surface area is 167 Å². The van der Waals surface area contributed by atoms with Gasteiger partial charge < -0.3 is 15.3 Å². The zero-order valence-electron chi connectivity index (χ0n) is 16.3. The van der Waals surface area contributed by atoms with Crippen molar-refractivity contribution in [1.29, 1.82) is 0 Å². The van der Waals surface area contributed by atoms with Crippen LogP contribution in [0.1, 0.15) is 24.8 Å². The van der Waals surface area contributed by atoms with Crippen LogP contribution in [0, 0.1) is 0 Å². The van der Waals surface area contributed by atoms with Crippen molar-refractivity contribution < 1.29 is 9.90 Å². The minimum Gasteiger partial charge on any atom is -0.391 e. The third-order valence-corrected chi connectivity index (χ3v) is 5.83. The lowest BCUT2D eigenvalue weighted by Gasteiger charge is -2.33. The number of benzene rings is 2. The van der Waals surface area contributed by atoms with E-state index in [2.05, 4.69) is 58.7 Å². The molecule has 4 rings (SSSR count). The number of rotatable bonds is 4. The minimum atomic E-state index is -0.360.